The number of likely N-dealkylation sites (N-methyl/N-ethyl adjacent to an activating group) is 1. The van der Waals surface area contributed by atoms with Gasteiger partial charge in [-0.15, -0.1) is 0 Å². The second kappa shape index (κ2) is 7.64. The second-order valence-electron chi connectivity index (χ2n) is 5.40. The van der Waals surface area contributed by atoms with Crippen LogP contribution in [0.4, 0.5) is 0 Å². The Labute approximate surface area is 134 Å². The fourth-order valence-corrected chi connectivity index (χ4v) is 3.73. The van der Waals surface area contributed by atoms with Crippen LogP contribution in [-0.4, -0.2) is 37.7 Å². The summed E-state index contributed by atoms with van der Waals surface area (Å²) in [7, 11) is 2.17. The predicted octanol–water partition coefficient (Wildman–Crippen LogP) is 3.54. The van der Waals surface area contributed by atoms with E-state index in [1.807, 2.05) is 18.2 Å². The summed E-state index contributed by atoms with van der Waals surface area (Å²) < 4.78 is 6.71. The standard InChI is InChI=1S/C15H22BrClN2O/c1-19(14-4-2-3-11(14)10-18)7-8-20-15-6-5-12(17)9-13(15)16/h5-6,9,11,14H,2-4,7-8,10,18H2,1H3. The van der Waals surface area contributed by atoms with Crippen molar-refractivity contribution in [3.8, 4) is 5.75 Å². The molecule has 0 heterocycles. The zero-order valence-corrected chi connectivity index (χ0v) is 14.2. The molecule has 2 atom stereocenters. The van der Waals surface area contributed by atoms with Gasteiger partial charge < -0.3 is 10.5 Å². The largest absolute Gasteiger partial charge is 0.491 e. The fourth-order valence-electron chi connectivity index (χ4n) is 2.93. The highest BCUT2D eigenvalue weighted by molar-refractivity contribution is 9.10. The van der Waals surface area contributed by atoms with E-state index in [1.54, 1.807) is 0 Å². The van der Waals surface area contributed by atoms with Gasteiger partial charge >= 0.3 is 0 Å². The molecular formula is C15H22BrClN2O. The number of rotatable bonds is 6. The van der Waals surface area contributed by atoms with Gasteiger partial charge in [0.05, 0.1) is 4.47 Å². The van der Waals surface area contributed by atoms with Crippen molar-refractivity contribution in [2.75, 3.05) is 26.7 Å². The minimum Gasteiger partial charge on any atom is -0.491 e. The van der Waals surface area contributed by atoms with Crippen molar-refractivity contribution in [2.24, 2.45) is 11.7 Å². The lowest BCUT2D eigenvalue weighted by atomic mass is 10.0. The van der Waals surface area contributed by atoms with Crippen LogP contribution in [0.2, 0.25) is 5.02 Å². The van der Waals surface area contributed by atoms with Crippen molar-refractivity contribution < 1.29 is 4.74 Å². The van der Waals surface area contributed by atoms with E-state index >= 15 is 0 Å². The first-order chi connectivity index (χ1) is 9.61. The van der Waals surface area contributed by atoms with Crippen molar-refractivity contribution in [2.45, 2.75) is 25.3 Å². The molecule has 0 aliphatic heterocycles. The summed E-state index contributed by atoms with van der Waals surface area (Å²) in [6.07, 6.45) is 3.80. The average Bonchev–Trinajstić information content (AvgIpc) is 2.89. The Balaban J connectivity index is 1.80. The maximum atomic E-state index is 5.91. The number of nitrogens with zero attached hydrogens (tertiary/aromatic N) is 1. The van der Waals surface area contributed by atoms with E-state index in [0.717, 1.165) is 23.3 Å². The zero-order valence-electron chi connectivity index (χ0n) is 11.8. The highest BCUT2D eigenvalue weighted by Crippen LogP contribution is 2.29. The molecule has 0 radical (unpaired) electrons. The lowest BCUT2D eigenvalue weighted by Crippen LogP contribution is -2.39. The molecule has 0 amide bonds. The van der Waals surface area contributed by atoms with Crippen LogP contribution in [0.1, 0.15) is 19.3 Å². The second-order valence-corrected chi connectivity index (χ2v) is 6.69. The van der Waals surface area contributed by atoms with Gasteiger partial charge in [0.2, 0.25) is 0 Å². The Bertz CT molecular complexity index is 444. The summed E-state index contributed by atoms with van der Waals surface area (Å²) in [6.45, 7) is 2.37. The van der Waals surface area contributed by atoms with Crippen LogP contribution >= 0.6 is 27.5 Å². The molecule has 2 N–H and O–H groups in total. The van der Waals surface area contributed by atoms with Gasteiger partial charge in [0.1, 0.15) is 12.4 Å². The maximum absolute atomic E-state index is 5.91. The Morgan fingerprint density at radius 3 is 2.95 bits per heavy atom. The molecule has 0 spiro atoms. The summed E-state index contributed by atoms with van der Waals surface area (Å²) in [5.74, 6) is 1.48. The fraction of sp³-hybridized carbons (Fsp3) is 0.600. The quantitative estimate of drug-likeness (QED) is 0.842. The zero-order chi connectivity index (χ0) is 14.5. The lowest BCUT2D eigenvalue weighted by molar-refractivity contribution is 0.165. The molecule has 1 aliphatic carbocycles. The van der Waals surface area contributed by atoms with Crippen LogP contribution in [0.3, 0.4) is 0 Å². The van der Waals surface area contributed by atoms with Crippen molar-refractivity contribution in [3.63, 3.8) is 0 Å². The van der Waals surface area contributed by atoms with Crippen LogP contribution in [0.15, 0.2) is 22.7 Å². The summed E-state index contributed by atoms with van der Waals surface area (Å²) >= 11 is 9.38. The molecule has 0 bridgehead atoms. The van der Waals surface area contributed by atoms with Crippen LogP contribution in [0.5, 0.6) is 5.75 Å². The van der Waals surface area contributed by atoms with Gasteiger partial charge in [0, 0.05) is 17.6 Å². The summed E-state index contributed by atoms with van der Waals surface area (Å²) in [5, 5.41) is 0.707. The molecule has 20 heavy (non-hydrogen) atoms. The molecule has 5 heteroatoms. The molecule has 1 aromatic carbocycles. The third-order valence-electron chi connectivity index (χ3n) is 4.08. The minimum atomic E-state index is 0.609. The number of benzene rings is 1. The van der Waals surface area contributed by atoms with Gasteiger partial charge in [0.25, 0.3) is 0 Å². The first kappa shape index (κ1) is 16.1. The molecule has 0 aromatic heterocycles. The van der Waals surface area contributed by atoms with Crippen LogP contribution < -0.4 is 10.5 Å². The van der Waals surface area contributed by atoms with Gasteiger partial charge in [0.15, 0.2) is 0 Å². The van der Waals surface area contributed by atoms with E-state index in [-0.39, 0.29) is 0 Å². The summed E-state index contributed by atoms with van der Waals surface area (Å²) in [4.78, 5) is 2.38. The van der Waals surface area contributed by atoms with E-state index in [0.29, 0.717) is 23.6 Å². The topological polar surface area (TPSA) is 38.5 Å². The van der Waals surface area contributed by atoms with Crippen molar-refractivity contribution in [3.05, 3.63) is 27.7 Å². The van der Waals surface area contributed by atoms with E-state index in [2.05, 4.69) is 27.9 Å². The molecule has 2 unspecified atom stereocenters. The number of nitrogens with two attached hydrogens (primary N) is 1. The van der Waals surface area contributed by atoms with Crippen molar-refractivity contribution >= 4 is 27.5 Å². The first-order valence-corrected chi connectivity index (χ1v) is 8.27. The Hall–Kier alpha value is -0.290. The monoisotopic (exact) mass is 360 g/mol. The summed E-state index contributed by atoms with van der Waals surface area (Å²) in [5.41, 5.74) is 5.84. The number of ether oxygens (including phenoxy) is 1. The lowest BCUT2D eigenvalue weighted by Gasteiger charge is -2.29. The minimum absolute atomic E-state index is 0.609. The summed E-state index contributed by atoms with van der Waals surface area (Å²) in [6, 6.07) is 6.19. The van der Waals surface area contributed by atoms with E-state index in [1.165, 1.54) is 19.3 Å². The average molecular weight is 362 g/mol. The number of hydrogen-bond acceptors (Lipinski definition) is 3. The Kier molecular flexibility index (Phi) is 6.15. The molecule has 3 nitrogen and oxygen atoms in total. The van der Waals surface area contributed by atoms with Crippen molar-refractivity contribution in [1.82, 2.24) is 4.90 Å². The molecular weight excluding hydrogens is 340 g/mol. The Morgan fingerprint density at radius 2 is 2.25 bits per heavy atom. The third-order valence-corrected chi connectivity index (χ3v) is 4.94. The predicted molar refractivity (Wildman–Crippen MR) is 87.5 cm³/mol. The van der Waals surface area contributed by atoms with Gasteiger partial charge in [-0.2, -0.15) is 0 Å². The molecule has 1 saturated carbocycles. The van der Waals surface area contributed by atoms with Gasteiger partial charge in [-0.25, -0.2) is 0 Å². The number of hydrogen-bond donors (Lipinski definition) is 1. The highest BCUT2D eigenvalue weighted by Gasteiger charge is 2.28. The van der Waals surface area contributed by atoms with Crippen LogP contribution in [0, 0.1) is 5.92 Å². The maximum Gasteiger partial charge on any atom is 0.133 e. The van der Waals surface area contributed by atoms with Gasteiger partial charge in [-0.1, -0.05) is 18.0 Å². The normalized spacial score (nSPS) is 22.4. The van der Waals surface area contributed by atoms with E-state index < -0.39 is 0 Å². The van der Waals surface area contributed by atoms with Gasteiger partial charge in [-0.05, 0) is 66.5 Å². The highest BCUT2D eigenvalue weighted by atomic mass is 79.9. The molecule has 1 fully saturated rings. The molecule has 0 saturated heterocycles. The first-order valence-electron chi connectivity index (χ1n) is 7.10. The molecule has 1 aromatic rings. The van der Waals surface area contributed by atoms with Gasteiger partial charge in [-0.3, -0.25) is 4.90 Å². The molecule has 1 aliphatic rings. The van der Waals surface area contributed by atoms with Crippen LogP contribution in [0.25, 0.3) is 0 Å². The third kappa shape index (κ3) is 4.10. The molecule has 112 valence electrons. The van der Waals surface area contributed by atoms with Crippen LogP contribution in [-0.2, 0) is 0 Å². The van der Waals surface area contributed by atoms with E-state index in [4.69, 9.17) is 22.1 Å². The molecule has 2 rings (SSSR count). The Morgan fingerprint density at radius 1 is 1.45 bits per heavy atom. The van der Waals surface area contributed by atoms with Crippen molar-refractivity contribution in [1.29, 1.82) is 0 Å². The SMILES string of the molecule is CN(CCOc1ccc(Cl)cc1Br)C1CCCC1CN. The smallest absolute Gasteiger partial charge is 0.133 e. The van der Waals surface area contributed by atoms with E-state index in [9.17, 15) is 0 Å². The number of halogens is 2.